The number of rotatable bonds is 5. The van der Waals surface area contributed by atoms with Crippen molar-refractivity contribution in [3.8, 4) is 0 Å². The van der Waals surface area contributed by atoms with Gasteiger partial charge in [-0.05, 0) is 46.6 Å². The van der Waals surface area contributed by atoms with Gasteiger partial charge < -0.3 is 5.32 Å². The van der Waals surface area contributed by atoms with Crippen LogP contribution in [0.2, 0.25) is 0 Å². The molecule has 0 spiro atoms. The summed E-state index contributed by atoms with van der Waals surface area (Å²) in [5.74, 6) is 0.417. The van der Waals surface area contributed by atoms with E-state index in [-0.39, 0.29) is 4.90 Å². The van der Waals surface area contributed by atoms with Gasteiger partial charge in [0.2, 0.25) is 0 Å². The van der Waals surface area contributed by atoms with E-state index in [0.29, 0.717) is 12.4 Å². The lowest BCUT2D eigenvalue weighted by atomic mass is 10.3. The molecule has 102 valence electrons. The smallest absolute Gasteiger partial charge is 0.179 e. The first-order chi connectivity index (χ1) is 8.97. The molecule has 19 heavy (non-hydrogen) atoms. The lowest BCUT2D eigenvalue weighted by Crippen LogP contribution is -2.10. The van der Waals surface area contributed by atoms with E-state index < -0.39 is 9.84 Å². The minimum atomic E-state index is -3.25. The number of nitrogens with one attached hydrogen (secondary N) is 1. The summed E-state index contributed by atoms with van der Waals surface area (Å²) in [6.07, 6.45) is 3.60. The maximum absolute atomic E-state index is 11.6. The van der Waals surface area contributed by atoms with Gasteiger partial charge in [-0.2, -0.15) is 0 Å². The fraction of sp³-hybridized carbons (Fsp3) is 0.250. The number of pyridine rings is 1. The van der Waals surface area contributed by atoms with Crippen molar-refractivity contribution in [1.82, 2.24) is 4.98 Å². The van der Waals surface area contributed by atoms with Crippen molar-refractivity contribution in [2.45, 2.75) is 11.3 Å². The molecule has 1 N–H and O–H groups in total. The van der Waals surface area contributed by atoms with Crippen molar-refractivity contribution in [3.63, 3.8) is 0 Å². The van der Waals surface area contributed by atoms with Gasteiger partial charge in [0.05, 0.1) is 3.79 Å². The standard InChI is InChI=1S/C12H13BrN2O2S2/c1-19(16,17)10-3-2-7-14-12(10)15-8-6-9-4-5-11(13)18-9/h2-5,7H,6,8H2,1H3,(H,14,15). The molecular weight excluding hydrogens is 348 g/mol. The number of thiophene rings is 1. The average molecular weight is 361 g/mol. The first-order valence-electron chi connectivity index (χ1n) is 5.60. The maximum atomic E-state index is 11.6. The fourth-order valence-corrected chi connectivity index (χ4v) is 3.90. The molecular formula is C12H13BrN2O2S2. The van der Waals surface area contributed by atoms with Crippen LogP contribution in [0.4, 0.5) is 5.82 Å². The molecule has 0 amide bonds. The highest BCUT2D eigenvalue weighted by atomic mass is 79.9. The molecule has 0 aliphatic rings. The van der Waals surface area contributed by atoms with Crippen LogP contribution in [0, 0.1) is 0 Å². The highest BCUT2D eigenvalue weighted by Gasteiger charge is 2.13. The lowest BCUT2D eigenvalue weighted by Gasteiger charge is -2.08. The summed E-state index contributed by atoms with van der Waals surface area (Å²) in [6.45, 7) is 0.645. The summed E-state index contributed by atoms with van der Waals surface area (Å²) >= 11 is 5.08. The molecule has 0 radical (unpaired) electrons. The van der Waals surface area contributed by atoms with Gasteiger partial charge in [-0.25, -0.2) is 13.4 Å². The Kier molecular flexibility index (Phi) is 4.59. The molecule has 2 rings (SSSR count). The van der Waals surface area contributed by atoms with Gasteiger partial charge in [0.1, 0.15) is 10.7 Å². The van der Waals surface area contributed by atoms with Crippen LogP contribution >= 0.6 is 27.3 Å². The van der Waals surface area contributed by atoms with Crippen LogP contribution in [-0.2, 0) is 16.3 Å². The average Bonchev–Trinajstić information content (AvgIpc) is 2.74. The summed E-state index contributed by atoms with van der Waals surface area (Å²) < 4.78 is 24.3. The molecule has 4 nitrogen and oxygen atoms in total. The number of hydrogen-bond donors (Lipinski definition) is 1. The highest BCUT2D eigenvalue weighted by Crippen LogP contribution is 2.23. The lowest BCUT2D eigenvalue weighted by molar-refractivity contribution is 0.602. The first-order valence-corrected chi connectivity index (χ1v) is 9.10. The van der Waals surface area contributed by atoms with Crippen LogP contribution in [0.3, 0.4) is 0 Å². The Bertz CT molecular complexity index is 668. The molecule has 7 heteroatoms. The topological polar surface area (TPSA) is 59.1 Å². The molecule has 2 aromatic heterocycles. The van der Waals surface area contributed by atoms with Crippen molar-refractivity contribution in [2.24, 2.45) is 0 Å². The van der Waals surface area contributed by atoms with Gasteiger partial charge in [-0.3, -0.25) is 0 Å². The molecule has 0 unspecified atom stereocenters. The number of halogens is 1. The molecule has 0 aliphatic heterocycles. The third-order valence-electron chi connectivity index (χ3n) is 2.46. The zero-order chi connectivity index (χ0) is 13.9. The van der Waals surface area contributed by atoms with Crippen molar-refractivity contribution in [3.05, 3.63) is 39.1 Å². The SMILES string of the molecule is CS(=O)(=O)c1cccnc1NCCc1ccc(Br)s1. The third-order valence-corrected chi connectivity index (χ3v) is 5.27. The molecule has 0 saturated heterocycles. The van der Waals surface area contributed by atoms with Gasteiger partial charge in [0.25, 0.3) is 0 Å². The Morgan fingerprint density at radius 3 is 2.79 bits per heavy atom. The minimum absolute atomic E-state index is 0.238. The van der Waals surface area contributed by atoms with Gasteiger partial charge in [-0.1, -0.05) is 0 Å². The normalized spacial score (nSPS) is 11.5. The predicted molar refractivity (Wildman–Crippen MR) is 81.6 cm³/mol. The van der Waals surface area contributed by atoms with Crippen LogP contribution in [0.15, 0.2) is 39.1 Å². The van der Waals surface area contributed by atoms with E-state index in [2.05, 4.69) is 26.2 Å². The zero-order valence-corrected chi connectivity index (χ0v) is 13.5. The van der Waals surface area contributed by atoms with Crippen LogP contribution in [0.25, 0.3) is 0 Å². The predicted octanol–water partition coefficient (Wildman–Crippen LogP) is 2.96. The van der Waals surface area contributed by atoms with Crippen LogP contribution in [0.1, 0.15) is 4.88 Å². The zero-order valence-electron chi connectivity index (χ0n) is 10.3. The quantitative estimate of drug-likeness (QED) is 0.890. The highest BCUT2D eigenvalue weighted by molar-refractivity contribution is 9.11. The molecule has 2 heterocycles. The first kappa shape index (κ1) is 14.5. The molecule has 0 saturated carbocycles. The van der Waals surface area contributed by atoms with E-state index in [9.17, 15) is 8.42 Å². The van der Waals surface area contributed by atoms with E-state index in [1.54, 1.807) is 29.7 Å². The second kappa shape index (κ2) is 6.02. The molecule has 0 aliphatic carbocycles. The summed E-state index contributed by atoms with van der Waals surface area (Å²) in [5.41, 5.74) is 0. The minimum Gasteiger partial charge on any atom is -0.369 e. The second-order valence-electron chi connectivity index (χ2n) is 4.00. The third kappa shape index (κ3) is 4.02. The number of nitrogens with zero attached hydrogens (tertiary/aromatic N) is 1. The summed E-state index contributed by atoms with van der Waals surface area (Å²) in [4.78, 5) is 5.56. The molecule has 2 aromatic rings. The number of anilines is 1. The monoisotopic (exact) mass is 360 g/mol. The molecule has 0 bridgehead atoms. The van der Waals surface area contributed by atoms with Crippen LogP contribution < -0.4 is 5.32 Å². The Morgan fingerprint density at radius 1 is 1.37 bits per heavy atom. The summed E-state index contributed by atoms with van der Waals surface area (Å²) in [6, 6.07) is 7.24. The molecule has 0 fully saturated rings. The van der Waals surface area contributed by atoms with Crippen molar-refractivity contribution in [2.75, 3.05) is 18.1 Å². The Balaban J connectivity index is 2.04. The van der Waals surface area contributed by atoms with Gasteiger partial charge >= 0.3 is 0 Å². The Hall–Kier alpha value is -0.920. The Labute approximate surface area is 124 Å². The van der Waals surface area contributed by atoms with E-state index in [4.69, 9.17) is 0 Å². The van der Waals surface area contributed by atoms with E-state index in [1.165, 1.54) is 11.1 Å². The van der Waals surface area contributed by atoms with Crippen molar-refractivity contribution >= 4 is 42.9 Å². The van der Waals surface area contributed by atoms with Crippen LogP contribution in [0.5, 0.6) is 0 Å². The molecule has 0 aromatic carbocycles. The van der Waals surface area contributed by atoms with E-state index >= 15 is 0 Å². The van der Waals surface area contributed by atoms with E-state index in [1.807, 2.05) is 12.1 Å². The number of aromatic nitrogens is 1. The number of hydrogen-bond acceptors (Lipinski definition) is 5. The van der Waals surface area contributed by atoms with Gasteiger partial charge in [0.15, 0.2) is 9.84 Å². The maximum Gasteiger partial charge on any atom is 0.179 e. The Morgan fingerprint density at radius 2 is 2.16 bits per heavy atom. The molecule has 0 atom stereocenters. The fourth-order valence-electron chi connectivity index (χ4n) is 1.61. The second-order valence-corrected chi connectivity index (χ2v) is 8.54. The largest absolute Gasteiger partial charge is 0.369 e. The number of sulfone groups is 1. The van der Waals surface area contributed by atoms with E-state index in [0.717, 1.165) is 10.2 Å². The van der Waals surface area contributed by atoms with Crippen LogP contribution in [-0.4, -0.2) is 26.2 Å². The summed E-state index contributed by atoms with van der Waals surface area (Å²) in [5, 5.41) is 3.08. The van der Waals surface area contributed by atoms with Crippen molar-refractivity contribution in [1.29, 1.82) is 0 Å². The summed E-state index contributed by atoms with van der Waals surface area (Å²) in [7, 11) is -3.25. The van der Waals surface area contributed by atoms with Gasteiger partial charge in [0, 0.05) is 23.9 Å². The van der Waals surface area contributed by atoms with Gasteiger partial charge in [-0.15, -0.1) is 11.3 Å². The van der Waals surface area contributed by atoms with Crippen molar-refractivity contribution < 1.29 is 8.42 Å².